The van der Waals surface area contributed by atoms with Crippen molar-refractivity contribution < 1.29 is 0 Å². The predicted octanol–water partition coefficient (Wildman–Crippen LogP) is 4.43. The third-order valence-corrected chi connectivity index (χ3v) is 4.27. The minimum absolute atomic E-state index is 0.523. The highest BCUT2D eigenvalue weighted by atomic mass is 127. The molecule has 0 amide bonds. The Labute approximate surface area is 143 Å². The molecule has 2 rings (SSSR count). The molecule has 0 saturated heterocycles. The van der Waals surface area contributed by atoms with Crippen molar-refractivity contribution in [3.63, 3.8) is 0 Å². The number of hydrogen-bond donors (Lipinski definition) is 1. The number of hydrogen-bond acceptors (Lipinski definition) is 4. The van der Waals surface area contributed by atoms with Crippen LogP contribution in [0.2, 0.25) is 5.02 Å². The van der Waals surface area contributed by atoms with E-state index in [0.717, 1.165) is 28.0 Å². The maximum Gasteiger partial charge on any atom is 0.182 e. The summed E-state index contributed by atoms with van der Waals surface area (Å²) in [7, 11) is 0. The van der Waals surface area contributed by atoms with Crippen molar-refractivity contribution in [2.24, 2.45) is 5.92 Å². The van der Waals surface area contributed by atoms with Crippen molar-refractivity contribution in [2.75, 3.05) is 11.9 Å². The van der Waals surface area contributed by atoms with Gasteiger partial charge < -0.3 is 5.32 Å². The van der Waals surface area contributed by atoms with Crippen molar-refractivity contribution in [3.05, 3.63) is 32.6 Å². The van der Waals surface area contributed by atoms with Crippen LogP contribution in [0.1, 0.15) is 26.5 Å². The van der Waals surface area contributed by atoms with Crippen LogP contribution >= 0.6 is 34.2 Å². The molecule has 0 unspecified atom stereocenters. The Balaban J connectivity index is 2.56. The fourth-order valence-corrected chi connectivity index (χ4v) is 2.81. The molecule has 4 nitrogen and oxygen atoms in total. The summed E-state index contributed by atoms with van der Waals surface area (Å²) in [6.07, 6.45) is 2.61. The van der Waals surface area contributed by atoms with Crippen LogP contribution in [0.3, 0.4) is 0 Å². The van der Waals surface area contributed by atoms with Gasteiger partial charge in [-0.25, -0.2) is 9.97 Å². The molecule has 0 fully saturated rings. The number of pyridine rings is 1. The number of halogens is 2. The highest BCUT2D eigenvalue weighted by Gasteiger charge is 2.16. The minimum atomic E-state index is 0.523. The van der Waals surface area contributed by atoms with Crippen LogP contribution in [0.5, 0.6) is 0 Å². The van der Waals surface area contributed by atoms with E-state index in [-0.39, 0.29) is 0 Å². The Hall–Kier alpha value is -0.950. The first-order valence-corrected chi connectivity index (χ1v) is 8.39. The van der Waals surface area contributed by atoms with Gasteiger partial charge >= 0.3 is 0 Å². The van der Waals surface area contributed by atoms with E-state index >= 15 is 0 Å². The van der Waals surface area contributed by atoms with Gasteiger partial charge in [-0.1, -0.05) is 25.4 Å². The molecule has 0 aliphatic carbocycles. The summed E-state index contributed by atoms with van der Waals surface area (Å²) in [4.78, 5) is 13.6. The number of rotatable bonds is 5. The molecule has 2 aromatic rings. The lowest BCUT2D eigenvalue weighted by Gasteiger charge is -2.13. The van der Waals surface area contributed by atoms with E-state index < -0.39 is 0 Å². The van der Waals surface area contributed by atoms with Crippen LogP contribution in [-0.2, 0) is 6.42 Å². The van der Waals surface area contributed by atoms with Gasteiger partial charge in [-0.05, 0) is 54.0 Å². The first-order valence-electron chi connectivity index (χ1n) is 6.94. The van der Waals surface area contributed by atoms with Gasteiger partial charge in [0.1, 0.15) is 11.5 Å². The maximum absolute atomic E-state index is 6.22. The molecular weight excluding hydrogens is 399 g/mol. The molecule has 6 heteroatoms. The summed E-state index contributed by atoms with van der Waals surface area (Å²) >= 11 is 8.52. The van der Waals surface area contributed by atoms with Gasteiger partial charge in [0.15, 0.2) is 5.82 Å². The van der Waals surface area contributed by atoms with Gasteiger partial charge in [0.05, 0.1) is 14.3 Å². The van der Waals surface area contributed by atoms with Crippen molar-refractivity contribution in [1.29, 1.82) is 0 Å². The molecular formula is C15H18ClIN4. The van der Waals surface area contributed by atoms with E-state index in [2.05, 4.69) is 56.7 Å². The second-order valence-electron chi connectivity index (χ2n) is 5.12. The monoisotopic (exact) mass is 416 g/mol. The summed E-state index contributed by atoms with van der Waals surface area (Å²) < 4.78 is 1.07. The lowest BCUT2D eigenvalue weighted by atomic mass is 10.1. The number of aromatic nitrogens is 3. The van der Waals surface area contributed by atoms with Crippen molar-refractivity contribution in [3.8, 4) is 11.5 Å². The van der Waals surface area contributed by atoms with E-state index in [4.69, 9.17) is 11.6 Å². The third-order valence-electron chi connectivity index (χ3n) is 2.84. The highest BCUT2D eigenvalue weighted by Crippen LogP contribution is 2.28. The zero-order valence-corrected chi connectivity index (χ0v) is 15.2. The maximum atomic E-state index is 6.22. The van der Waals surface area contributed by atoms with Gasteiger partial charge in [0, 0.05) is 12.7 Å². The molecule has 0 spiro atoms. The Kier molecular flexibility index (Phi) is 5.75. The molecule has 2 aromatic heterocycles. The summed E-state index contributed by atoms with van der Waals surface area (Å²) in [5, 5.41) is 3.86. The molecule has 0 aliphatic rings. The quantitative estimate of drug-likeness (QED) is 0.733. The summed E-state index contributed by atoms with van der Waals surface area (Å²) in [5.74, 6) is 1.95. The molecule has 0 radical (unpaired) electrons. The van der Waals surface area contributed by atoms with E-state index in [0.29, 0.717) is 22.5 Å². The summed E-state index contributed by atoms with van der Waals surface area (Å²) in [6.45, 7) is 7.22. The first-order chi connectivity index (χ1) is 10.0. The van der Waals surface area contributed by atoms with Crippen molar-refractivity contribution in [2.45, 2.75) is 27.2 Å². The second kappa shape index (κ2) is 7.35. The van der Waals surface area contributed by atoms with Gasteiger partial charge in [-0.3, -0.25) is 4.98 Å². The minimum Gasteiger partial charge on any atom is -0.369 e. The molecule has 112 valence electrons. The number of nitrogens with one attached hydrogen (secondary N) is 1. The molecule has 0 atom stereocenters. The van der Waals surface area contributed by atoms with Gasteiger partial charge in [0.25, 0.3) is 0 Å². The molecule has 1 N–H and O–H groups in total. The van der Waals surface area contributed by atoms with Crippen LogP contribution in [-0.4, -0.2) is 21.5 Å². The standard InChI is InChI=1S/C15H18ClIN4/c1-4-18-14-12(17)11(8-9(2)3)20-15(21-14)13-10(16)6-5-7-19-13/h5-7,9H,4,8H2,1-3H3,(H,18,20,21). The Bertz CT molecular complexity index is 631. The molecule has 0 aromatic carbocycles. The number of nitrogens with zero attached hydrogens (tertiary/aromatic N) is 3. The third kappa shape index (κ3) is 4.03. The van der Waals surface area contributed by atoms with Crippen LogP contribution in [0, 0.1) is 9.49 Å². The first kappa shape index (κ1) is 16.4. The Morgan fingerprint density at radius 1 is 1.33 bits per heavy atom. The zero-order chi connectivity index (χ0) is 15.4. The Morgan fingerprint density at radius 3 is 2.71 bits per heavy atom. The smallest absolute Gasteiger partial charge is 0.182 e. The lowest BCUT2D eigenvalue weighted by Crippen LogP contribution is -2.10. The SMILES string of the molecule is CCNc1nc(-c2ncccc2Cl)nc(CC(C)C)c1I. The predicted molar refractivity (Wildman–Crippen MR) is 95.7 cm³/mol. The molecule has 2 heterocycles. The van der Waals surface area contributed by atoms with E-state index in [1.165, 1.54) is 0 Å². The van der Waals surface area contributed by atoms with Crippen LogP contribution in [0.15, 0.2) is 18.3 Å². The summed E-state index contributed by atoms with van der Waals surface area (Å²) in [5.41, 5.74) is 1.66. The topological polar surface area (TPSA) is 50.7 Å². The van der Waals surface area contributed by atoms with Crippen molar-refractivity contribution in [1.82, 2.24) is 15.0 Å². The second-order valence-corrected chi connectivity index (χ2v) is 6.60. The molecule has 0 bridgehead atoms. The van der Waals surface area contributed by atoms with Crippen LogP contribution in [0.4, 0.5) is 5.82 Å². The van der Waals surface area contributed by atoms with Crippen LogP contribution < -0.4 is 5.32 Å². The lowest BCUT2D eigenvalue weighted by molar-refractivity contribution is 0.632. The van der Waals surface area contributed by atoms with Crippen LogP contribution in [0.25, 0.3) is 11.5 Å². The van der Waals surface area contributed by atoms with Gasteiger partial charge in [-0.15, -0.1) is 0 Å². The number of anilines is 1. The Morgan fingerprint density at radius 2 is 2.10 bits per heavy atom. The van der Waals surface area contributed by atoms with E-state index in [1.54, 1.807) is 18.3 Å². The average Bonchev–Trinajstić information content (AvgIpc) is 2.43. The van der Waals surface area contributed by atoms with Crippen molar-refractivity contribution >= 4 is 40.0 Å². The molecule has 0 aliphatic heterocycles. The fourth-order valence-electron chi connectivity index (χ4n) is 1.96. The summed E-state index contributed by atoms with van der Waals surface area (Å²) in [6, 6.07) is 3.61. The average molecular weight is 417 g/mol. The molecule has 0 saturated carbocycles. The largest absolute Gasteiger partial charge is 0.369 e. The zero-order valence-electron chi connectivity index (χ0n) is 12.3. The van der Waals surface area contributed by atoms with Gasteiger partial charge in [-0.2, -0.15) is 0 Å². The van der Waals surface area contributed by atoms with E-state index in [1.807, 2.05) is 6.92 Å². The molecule has 21 heavy (non-hydrogen) atoms. The van der Waals surface area contributed by atoms with E-state index in [9.17, 15) is 0 Å². The van der Waals surface area contributed by atoms with Gasteiger partial charge in [0.2, 0.25) is 0 Å². The normalized spacial score (nSPS) is 11.0. The highest BCUT2D eigenvalue weighted by molar-refractivity contribution is 14.1. The fraction of sp³-hybridized carbons (Fsp3) is 0.400.